The zero-order chi connectivity index (χ0) is 48.0. The molecular formula is C51H55O12P3. The lowest BCUT2D eigenvalue weighted by atomic mass is 10.1. The van der Waals surface area contributed by atoms with E-state index in [0.29, 0.717) is 45.3 Å². The summed E-state index contributed by atoms with van der Waals surface area (Å²) in [4.78, 5) is 0. The van der Waals surface area contributed by atoms with Crippen molar-refractivity contribution in [2.75, 3.05) is 0 Å². The van der Waals surface area contributed by atoms with Gasteiger partial charge in [-0.15, -0.1) is 0 Å². The Morgan fingerprint density at radius 3 is 0.788 bits per heavy atom. The normalized spacial score (nSPS) is 13.0. The number of benzene rings is 6. The molecular weight excluding hydrogens is 897 g/mol. The van der Waals surface area contributed by atoms with Gasteiger partial charge in [0.1, 0.15) is 51.8 Å². The summed E-state index contributed by atoms with van der Waals surface area (Å²) in [6.45, 7) is 23.9. The molecule has 346 valence electrons. The molecule has 0 aromatic heterocycles. The molecule has 0 aliphatic carbocycles. The molecule has 0 saturated carbocycles. The van der Waals surface area contributed by atoms with Crippen molar-refractivity contribution in [3.8, 4) is 46.0 Å². The van der Waals surface area contributed by atoms with Crippen LogP contribution in [0.4, 0.5) is 0 Å². The maximum Gasteiger partial charge on any atom is 0.647 e. The molecule has 6 rings (SSSR count). The summed E-state index contributed by atoms with van der Waals surface area (Å²) in [7, 11) is -13.4. The highest BCUT2D eigenvalue weighted by Crippen LogP contribution is 2.56. The van der Waals surface area contributed by atoms with Crippen molar-refractivity contribution >= 4 is 23.5 Å². The number of phosphoric acid groups is 3. The van der Waals surface area contributed by atoms with Crippen molar-refractivity contribution in [1.29, 1.82) is 0 Å². The number of hydrogen-bond donors (Lipinski definition) is 0. The van der Waals surface area contributed by atoms with E-state index in [2.05, 4.69) is 6.58 Å². The molecule has 12 nitrogen and oxygen atoms in total. The molecule has 2 atom stereocenters. The highest BCUT2D eigenvalue weighted by molar-refractivity contribution is 7.50. The van der Waals surface area contributed by atoms with E-state index in [9.17, 15) is 13.7 Å². The predicted octanol–water partition coefficient (Wildman–Crippen LogP) is 15.9. The number of para-hydroxylation sites is 4. The molecule has 0 bridgehead atoms. The van der Waals surface area contributed by atoms with E-state index in [1.807, 2.05) is 102 Å². The van der Waals surface area contributed by atoms with Crippen molar-refractivity contribution in [3.63, 3.8) is 0 Å². The van der Waals surface area contributed by atoms with E-state index in [1.165, 1.54) is 48.5 Å². The smallest absolute Gasteiger partial charge is 0.386 e. The first-order valence-corrected chi connectivity index (χ1v) is 25.4. The lowest BCUT2D eigenvalue weighted by Gasteiger charge is -2.24. The molecule has 0 heterocycles. The molecule has 0 fully saturated rings. The number of allylic oxidation sites excluding steroid dienone is 2. The molecule has 0 saturated heterocycles. The minimum Gasteiger partial charge on any atom is -0.386 e. The zero-order valence-electron chi connectivity index (χ0n) is 39.0. The van der Waals surface area contributed by atoms with Gasteiger partial charge in [-0.3, -0.25) is 0 Å². The molecule has 66 heavy (non-hydrogen) atoms. The van der Waals surface area contributed by atoms with Gasteiger partial charge in [0.25, 0.3) is 0 Å². The fourth-order valence-corrected chi connectivity index (χ4v) is 11.2. The topological polar surface area (TPSA) is 134 Å². The standard InChI is InChI=1S/C51H55O12P3/c1-33(2)47(34(3)4)59-65(53,61-49-37(7)19-14-20-38(49)8)57-45-29-25-43(26-30-45)55-64(52,60-48-35(5)17-13-18-36(48)6)56-44-27-31-46(32-28-44)58-66(54,62-50-39(9)21-15-22-40(50)10)63-51-41(11)23-16-24-42(51)12/h13-32H,1H2,2-12H3. The maximum absolute atomic E-state index is 14.8. The van der Waals surface area contributed by atoms with Gasteiger partial charge in [0.05, 0.1) is 0 Å². The third kappa shape index (κ3) is 12.3. The highest BCUT2D eigenvalue weighted by Gasteiger charge is 2.38. The summed E-state index contributed by atoms with van der Waals surface area (Å²) in [6, 6.07) is 33.7. The fraction of sp³-hybridized carbons (Fsp3) is 0.216. The predicted molar refractivity (Wildman–Crippen MR) is 259 cm³/mol. The molecule has 0 spiro atoms. The first-order valence-electron chi connectivity index (χ1n) is 21.0. The quantitative estimate of drug-likeness (QED) is 0.0434. The second-order valence-electron chi connectivity index (χ2n) is 16.1. The molecule has 0 aliphatic heterocycles. The Labute approximate surface area is 387 Å². The maximum atomic E-state index is 14.8. The van der Waals surface area contributed by atoms with Gasteiger partial charge in [0.2, 0.25) is 0 Å². The molecule has 0 radical (unpaired) electrons. The van der Waals surface area contributed by atoms with Gasteiger partial charge in [-0.25, -0.2) is 0 Å². The first-order chi connectivity index (χ1) is 31.1. The average molecular weight is 953 g/mol. The van der Waals surface area contributed by atoms with Crippen LogP contribution in [0.2, 0.25) is 0 Å². The van der Waals surface area contributed by atoms with Gasteiger partial charge in [0.15, 0.2) is 0 Å². The average Bonchev–Trinajstić information content (AvgIpc) is 3.24. The molecule has 6 aromatic carbocycles. The minimum absolute atomic E-state index is 0.0587. The Morgan fingerprint density at radius 1 is 0.348 bits per heavy atom. The summed E-state index contributed by atoms with van der Waals surface area (Å²) < 4.78 is 98.3. The van der Waals surface area contributed by atoms with Crippen LogP contribution < -0.4 is 36.2 Å². The van der Waals surface area contributed by atoms with Gasteiger partial charge in [0, 0.05) is 0 Å². The summed E-state index contributed by atoms with van der Waals surface area (Å²) in [5, 5.41) is 0. The van der Waals surface area contributed by atoms with Gasteiger partial charge in [-0.05, 0) is 180 Å². The van der Waals surface area contributed by atoms with Crippen molar-refractivity contribution in [2.45, 2.75) is 76.2 Å². The van der Waals surface area contributed by atoms with Crippen molar-refractivity contribution in [1.82, 2.24) is 0 Å². The SMILES string of the molecule is C=C(C)C(OP(=O)(Oc1ccc(OP(=O)(Oc2ccc(OP(=O)(Oc3c(C)cccc3C)Oc3c(C)cccc3C)cc2)Oc2c(C)cccc2C)cc1)Oc1c(C)cccc1C)=C(C)C. The van der Waals surface area contributed by atoms with Crippen LogP contribution in [0, 0.1) is 55.4 Å². The second-order valence-corrected chi connectivity index (χ2v) is 20.4. The van der Waals surface area contributed by atoms with E-state index in [4.69, 9.17) is 40.7 Å². The zero-order valence-corrected chi connectivity index (χ0v) is 41.7. The molecule has 2 unspecified atom stereocenters. The van der Waals surface area contributed by atoms with Crippen LogP contribution in [0.25, 0.3) is 0 Å². The van der Waals surface area contributed by atoms with Crippen LogP contribution in [-0.2, 0) is 18.2 Å². The van der Waals surface area contributed by atoms with Gasteiger partial charge in [-0.2, -0.15) is 13.7 Å². The van der Waals surface area contributed by atoms with Crippen LogP contribution in [0.1, 0.15) is 65.3 Å². The van der Waals surface area contributed by atoms with E-state index in [-0.39, 0.29) is 28.8 Å². The van der Waals surface area contributed by atoms with Crippen molar-refractivity contribution < 1.29 is 54.4 Å². The van der Waals surface area contributed by atoms with E-state index in [0.717, 1.165) is 33.4 Å². The lowest BCUT2D eigenvalue weighted by Crippen LogP contribution is -2.10. The van der Waals surface area contributed by atoms with Gasteiger partial charge < -0.3 is 40.7 Å². The summed E-state index contributed by atoms with van der Waals surface area (Å²) >= 11 is 0. The van der Waals surface area contributed by atoms with Crippen molar-refractivity contribution in [2.24, 2.45) is 0 Å². The van der Waals surface area contributed by atoms with Gasteiger partial charge >= 0.3 is 23.5 Å². The Balaban J connectivity index is 1.28. The molecule has 0 aliphatic rings. The molecule has 15 heteroatoms. The van der Waals surface area contributed by atoms with Crippen molar-refractivity contribution in [3.05, 3.63) is 189 Å². The van der Waals surface area contributed by atoms with Crippen LogP contribution in [0.15, 0.2) is 145 Å². The summed E-state index contributed by atoms with van der Waals surface area (Å²) in [5.41, 5.74) is 7.02. The number of aryl methyl sites for hydroxylation is 8. The lowest BCUT2D eigenvalue weighted by molar-refractivity contribution is 0.257. The third-order valence-corrected chi connectivity index (χ3v) is 13.8. The Hall–Kier alpha value is -6.31. The minimum atomic E-state index is -4.57. The van der Waals surface area contributed by atoms with E-state index >= 15 is 0 Å². The monoisotopic (exact) mass is 952 g/mol. The molecule has 6 aromatic rings. The molecule has 0 amide bonds. The first kappa shape index (κ1) is 49.1. The second kappa shape index (κ2) is 20.5. The fourth-order valence-electron chi connectivity index (χ4n) is 6.73. The Bertz CT molecular complexity index is 2780. The van der Waals surface area contributed by atoms with Crippen LogP contribution in [-0.4, -0.2) is 0 Å². The van der Waals surface area contributed by atoms with Crippen LogP contribution in [0.3, 0.4) is 0 Å². The van der Waals surface area contributed by atoms with E-state index < -0.39 is 23.5 Å². The Morgan fingerprint density at radius 2 is 0.561 bits per heavy atom. The van der Waals surface area contributed by atoms with E-state index in [1.54, 1.807) is 46.8 Å². The molecule has 0 N–H and O–H groups in total. The van der Waals surface area contributed by atoms with Gasteiger partial charge in [-0.1, -0.05) is 79.4 Å². The largest absolute Gasteiger partial charge is 0.647 e. The third-order valence-electron chi connectivity index (χ3n) is 10.0. The number of rotatable bonds is 19. The highest BCUT2D eigenvalue weighted by atomic mass is 31.2. The van der Waals surface area contributed by atoms with Crippen LogP contribution in [0.5, 0.6) is 46.0 Å². The Kier molecular flexibility index (Phi) is 15.2. The van der Waals surface area contributed by atoms with Crippen LogP contribution >= 0.6 is 23.5 Å². The summed E-state index contributed by atoms with van der Waals surface area (Å²) in [5.74, 6) is 1.96. The number of phosphoric ester groups is 3. The summed E-state index contributed by atoms with van der Waals surface area (Å²) in [6.07, 6.45) is 0. The number of hydrogen-bond acceptors (Lipinski definition) is 12.